The topological polar surface area (TPSA) is 233 Å². The molecule has 56 heavy (non-hydrogen) atoms. The maximum absolute atomic E-state index is 13.1. The first kappa shape index (κ1) is 42.4. The van der Waals surface area contributed by atoms with Crippen molar-refractivity contribution in [3.05, 3.63) is 11.6 Å². The van der Waals surface area contributed by atoms with Crippen LogP contribution in [0.3, 0.4) is 0 Å². The lowest BCUT2D eigenvalue weighted by Gasteiger charge is -2.71. The SMILES string of the molecule is C[C@H]1[C@H](C)CC[C@]2(C(=O)O)CC[C@]3(C)C(=CC[C@@H]4[C@@]5(C)CC[C@H](O[C@@H]6O[C@H](C(=O)O)[C@@H](O)[C@H](O)[C@H]6O[C@@H]6O[C@H](CO)[C@H](O)[C@H](O)[C@H]6O)C(C)(C)[C@@H]5CC[C@]43C)[C@H]12. The van der Waals surface area contributed by atoms with Crippen LogP contribution in [0.2, 0.25) is 0 Å². The lowest BCUT2D eigenvalue weighted by Crippen LogP contribution is -2.67. The highest BCUT2D eigenvalue weighted by Crippen LogP contribution is 2.76. The molecule has 0 bridgehead atoms. The summed E-state index contributed by atoms with van der Waals surface area (Å²) in [7, 11) is 0. The molecule has 2 saturated heterocycles. The molecule has 2 aliphatic heterocycles. The molecule has 6 fully saturated rings. The van der Waals surface area contributed by atoms with Gasteiger partial charge in [-0.25, -0.2) is 4.79 Å². The fraction of sp³-hybridized carbons (Fsp3) is 0.905. The normalized spacial score (nSPS) is 54.1. The van der Waals surface area contributed by atoms with E-state index >= 15 is 0 Å². The second kappa shape index (κ2) is 14.5. The molecule has 0 unspecified atom stereocenters. The van der Waals surface area contributed by atoms with Crippen LogP contribution in [0, 0.1) is 56.7 Å². The van der Waals surface area contributed by atoms with E-state index in [0.717, 1.165) is 44.9 Å². The fourth-order valence-corrected chi connectivity index (χ4v) is 13.9. The number of aliphatic hydroxyl groups excluding tert-OH is 6. The van der Waals surface area contributed by atoms with E-state index in [1.165, 1.54) is 5.57 Å². The van der Waals surface area contributed by atoms with E-state index in [-0.39, 0.29) is 34.0 Å². The molecule has 14 heteroatoms. The van der Waals surface area contributed by atoms with Gasteiger partial charge in [0.15, 0.2) is 18.7 Å². The molecule has 0 spiro atoms. The average Bonchev–Trinajstić information content (AvgIpc) is 3.13. The van der Waals surface area contributed by atoms with Gasteiger partial charge in [-0.1, -0.05) is 60.1 Å². The molecule has 7 aliphatic rings. The molecule has 2 heterocycles. The Morgan fingerprint density at radius 1 is 0.768 bits per heavy atom. The highest BCUT2D eigenvalue weighted by atomic mass is 16.8. The van der Waals surface area contributed by atoms with Gasteiger partial charge in [-0.3, -0.25) is 4.79 Å². The van der Waals surface area contributed by atoms with Crippen molar-refractivity contribution in [3.63, 3.8) is 0 Å². The summed E-state index contributed by atoms with van der Waals surface area (Å²) in [4.78, 5) is 25.3. The van der Waals surface area contributed by atoms with Gasteiger partial charge in [0.1, 0.15) is 42.7 Å². The lowest BCUT2D eigenvalue weighted by molar-refractivity contribution is -0.374. The van der Waals surface area contributed by atoms with Crippen LogP contribution in [-0.2, 0) is 28.5 Å². The third-order valence-corrected chi connectivity index (χ3v) is 17.6. The summed E-state index contributed by atoms with van der Waals surface area (Å²) in [6.07, 6.45) is -7.82. The largest absolute Gasteiger partial charge is 0.481 e. The Morgan fingerprint density at radius 2 is 1.46 bits per heavy atom. The summed E-state index contributed by atoms with van der Waals surface area (Å²) in [5, 5.41) is 83.9. The fourth-order valence-electron chi connectivity index (χ4n) is 13.9. The van der Waals surface area contributed by atoms with Crippen molar-refractivity contribution in [1.29, 1.82) is 0 Å². The third kappa shape index (κ3) is 6.01. The number of carbonyl (C=O) groups is 2. The Labute approximate surface area is 329 Å². The summed E-state index contributed by atoms with van der Waals surface area (Å²) in [5.74, 6) is -0.929. The molecule has 318 valence electrons. The standard InChI is InChI=1S/C42H66O14/c1-19-10-15-42(37(51)52)17-16-40(6)21(26(42)20(19)2)8-9-24-39(5)13-12-25(38(3,4)23(39)11-14-41(24,40)7)54-36-33(30(47)29(46)32(55-36)34(49)50)56-35-31(48)28(45)27(44)22(18-43)53-35/h8,19-20,22-33,35-36,43-48H,9-18H2,1-7H3,(H,49,50)(H,51,52)/t19-,20+,22-,23+,24-,25+,26+,27+,28+,29+,30+,31-,32+,33-,35+,36-,39+,40-,41-,42+/m1/s1. The van der Waals surface area contributed by atoms with Gasteiger partial charge in [-0.05, 0) is 109 Å². The Kier molecular flexibility index (Phi) is 11.0. The van der Waals surface area contributed by atoms with Gasteiger partial charge < -0.3 is 59.8 Å². The first-order chi connectivity index (χ1) is 26.1. The molecule has 5 aliphatic carbocycles. The highest BCUT2D eigenvalue weighted by Gasteiger charge is 2.70. The van der Waals surface area contributed by atoms with Gasteiger partial charge in [0, 0.05) is 0 Å². The molecule has 0 radical (unpaired) electrons. The second-order valence-corrected chi connectivity index (χ2v) is 20.1. The molecule has 0 aromatic rings. The lowest BCUT2D eigenvalue weighted by atomic mass is 9.33. The van der Waals surface area contributed by atoms with E-state index in [0.29, 0.717) is 24.7 Å². The number of carboxylic acid groups (broad SMARTS) is 2. The number of ether oxygens (including phenoxy) is 4. The number of carboxylic acids is 2. The zero-order valence-corrected chi connectivity index (χ0v) is 33.9. The van der Waals surface area contributed by atoms with Crippen molar-refractivity contribution in [3.8, 4) is 0 Å². The van der Waals surface area contributed by atoms with Crippen molar-refractivity contribution in [2.24, 2.45) is 56.7 Å². The highest BCUT2D eigenvalue weighted by molar-refractivity contribution is 5.77. The van der Waals surface area contributed by atoms with Gasteiger partial charge in [-0.15, -0.1) is 0 Å². The van der Waals surface area contributed by atoms with Gasteiger partial charge >= 0.3 is 11.9 Å². The minimum Gasteiger partial charge on any atom is -0.481 e. The summed E-state index contributed by atoms with van der Waals surface area (Å²) < 4.78 is 24.0. The molecule has 7 rings (SSSR count). The Balaban J connectivity index is 1.16. The maximum Gasteiger partial charge on any atom is 0.335 e. The van der Waals surface area contributed by atoms with E-state index in [9.17, 15) is 50.4 Å². The van der Waals surface area contributed by atoms with Crippen LogP contribution in [0.15, 0.2) is 11.6 Å². The molecule has 0 aromatic carbocycles. The molecule has 0 aromatic heterocycles. The predicted octanol–water partition coefficient (Wildman–Crippen LogP) is 2.83. The maximum atomic E-state index is 13.1. The molecular formula is C42H66O14. The number of aliphatic carboxylic acids is 2. The van der Waals surface area contributed by atoms with Crippen LogP contribution >= 0.6 is 0 Å². The van der Waals surface area contributed by atoms with Crippen molar-refractivity contribution in [1.82, 2.24) is 0 Å². The van der Waals surface area contributed by atoms with Crippen molar-refractivity contribution >= 4 is 11.9 Å². The Bertz CT molecular complexity index is 1550. The zero-order valence-electron chi connectivity index (χ0n) is 33.9. The number of aliphatic hydroxyl groups is 6. The van der Waals surface area contributed by atoms with Crippen LogP contribution in [-0.4, -0.2) is 127 Å². The van der Waals surface area contributed by atoms with Crippen LogP contribution < -0.4 is 0 Å². The molecule has 0 amide bonds. The average molecular weight is 795 g/mol. The molecule has 4 saturated carbocycles. The summed E-state index contributed by atoms with van der Waals surface area (Å²) in [5.41, 5.74) is -0.168. The zero-order chi connectivity index (χ0) is 41.1. The van der Waals surface area contributed by atoms with E-state index in [1.54, 1.807) is 0 Å². The second-order valence-electron chi connectivity index (χ2n) is 20.1. The molecular weight excluding hydrogens is 728 g/mol. The number of allylic oxidation sites excluding steroid dienone is 2. The van der Waals surface area contributed by atoms with E-state index in [1.807, 2.05) is 0 Å². The summed E-state index contributed by atoms with van der Waals surface area (Å²) in [6, 6.07) is 0. The third-order valence-electron chi connectivity index (χ3n) is 17.6. The quantitative estimate of drug-likeness (QED) is 0.137. The Morgan fingerprint density at radius 3 is 2.11 bits per heavy atom. The van der Waals surface area contributed by atoms with Gasteiger partial charge in [0.25, 0.3) is 0 Å². The first-order valence-corrected chi connectivity index (χ1v) is 20.9. The number of fused-ring (bicyclic) bond motifs is 7. The van der Waals surface area contributed by atoms with E-state index < -0.39 is 96.9 Å². The van der Waals surface area contributed by atoms with Crippen LogP contribution in [0.5, 0.6) is 0 Å². The minimum absolute atomic E-state index is 0.0171. The minimum atomic E-state index is -1.94. The van der Waals surface area contributed by atoms with Gasteiger partial charge in [0.2, 0.25) is 0 Å². The van der Waals surface area contributed by atoms with Crippen molar-refractivity contribution in [2.75, 3.05) is 6.61 Å². The summed E-state index contributed by atoms with van der Waals surface area (Å²) >= 11 is 0. The first-order valence-electron chi connectivity index (χ1n) is 20.9. The van der Waals surface area contributed by atoms with Crippen LogP contribution in [0.25, 0.3) is 0 Å². The molecule has 14 nitrogen and oxygen atoms in total. The molecule has 8 N–H and O–H groups in total. The summed E-state index contributed by atoms with van der Waals surface area (Å²) in [6.45, 7) is 15.4. The van der Waals surface area contributed by atoms with Crippen LogP contribution in [0.1, 0.15) is 106 Å². The number of hydrogen-bond acceptors (Lipinski definition) is 12. The predicted molar refractivity (Wildman–Crippen MR) is 198 cm³/mol. The number of hydrogen-bond donors (Lipinski definition) is 8. The van der Waals surface area contributed by atoms with E-state index in [4.69, 9.17) is 18.9 Å². The van der Waals surface area contributed by atoms with Crippen LogP contribution in [0.4, 0.5) is 0 Å². The van der Waals surface area contributed by atoms with Crippen molar-refractivity contribution < 1.29 is 69.4 Å². The Hall–Kier alpha value is -1.72. The number of rotatable bonds is 7. The van der Waals surface area contributed by atoms with Crippen molar-refractivity contribution in [2.45, 2.75) is 174 Å². The van der Waals surface area contributed by atoms with Gasteiger partial charge in [-0.2, -0.15) is 0 Å². The monoisotopic (exact) mass is 794 g/mol. The smallest absolute Gasteiger partial charge is 0.335 e. The van der Waals surface area contributed by atoms with Gasteiger partial charge in [0.05, 0.1) is 18.1 Å². The molecule has 20 atom stereocenters. The van der Waals surface area contributed by atoms with E-state index in [2.05, 4.69) is 54.5 Å².